The molecule has 1 saturated heterocycles. The number of likely N-dealkylation sites (tertiary alicyclic amines) is 1. The van der Waals surface area contributed by atoms with Crippen molar-refractivity contribution in [3.8, 4) is 0 Å². The van der Waals surface area contributed by atoms with E-state index in [0.29, 0.717) is 19.6 Å². The third-order valence-electron chi connectivity index (χ3n) is 7.60. The number of carbonyl (C=O) groups is 1. The highest BCUT2D eigenvalue weighted by atomic mass is 16.5. The molecule has 0 bridgehead atoms. The molecule has 0 aromatic heterocycles. The van der Waals surface area contributed by atoms with Crippen molar-refractivity contribution in [3.05, 3.63) is 156 Å². The fourth-order valence-corrected chi connectivity index (χ4v) is 5.70. The number of rotatable bonds is 11. The van der Waals surface area contributed by atoms with Crippen LogP contribution < -0.4 is 0 Å². The lowest BCUT2D eigenvalue weighted by Crippen LogP contribution is -2.42. The summed E-state index contributed by atoms with van der Waals surface area (Å²) in [5.74, 6) is 0.163. The van der Waals surface area contributed by atoms with Crippen LogP contribution in [0.25, 0.3) is 0 Å². The molecule has 1 aliphatic heterocycles. The zero-order chi connectivity index (χ0) is 26.2. The third-order valence-corrected chi connectivity index (χ3v) is 7.60. The van der Waals surface area contributed by atoms with Crippen LogP contribution in [0, 0.1) is 5.92 Å². The van der Waals surface area contributed by atoms with E-state index in [0.717, 1.165) is 29.5 Å². The minimum Gasteiger partial charge on any atom is -0.359 e. The van der Waals surface area contributed by atoms with Gasteiger partial charge in [0.25, 0.3) is 0 Å². The Labute approximate surface area is 226 Å². The molecule has 1 fully saturated rings. The van der Waals surface area contributed by atoms with Crippen LogP contribution in [0.5, 0.6) is 0 Å². The van der Waals surface area contributed by atoms with Gasteiger partial charge in [0.2, 0.25) is 5.91 Å². The van der Waals surface area contributed by atoms with Gasteiger partial charge >= 0.3 is 0 Å². The summed E-state index contributed by atoms with van der Waals surface area (Å²) >= 11 is 0. The number of benzene rings is 4. The van der Waals surface area contributed by atoms with E-state index < -0.39 is 5.60 Å². The second-order valence-electron chi connectivity index (χ2n) is 9.97. The quantitative estimate of drug-likeness (QED) is 0.163. The second-order valence-corrected chi connectivity index (χ2v) is 9.97. The summed E-state index contributed by atoms with van der Waals surface area (Å²) in [6.07, 6.45) is 4.15. The van der Waals surface area contributed by atoms with Gasteiger partial charge in [-0.2, -0.15) is 0 Å². The lowest BCUT2D eigenvalue weighted by molar-refractivity contribution is -0.133. The van der Waals surface area contributed by atoms with Crippen LogP contribution in [-0.2, 0) is 21.6 Å². The van der Waals surface area contributed by atoms with E-state index in [1.807, 2.05) is 35.2 Å². The molecular weight excluding hydrogens is 466 g/mol. The van der Waals surface area contributed by atoms with Gasteiger partial charge in [0, 0.05) is 12.5 Å². The maximum atomic E-state index is 13.5. The fraction of sp³-hybridized carbons (Fsp3) is 0.229. The Morgan fingerprint density at radius 3 is 1.71 bits per heavy atom. The van der Waals surface area contributed by atoms with E-state index in [9.17, 15) is 4.79 Å². The molecule has 192 valence electrons. The third kappa shape index (κ3) is 5.34. The molecule has 0 aliphatic carbocycles. The highest BCUT2D eigenvalue weighted by Crippen LogP contribution is 2.41. The molecule has 0 radical (unpaired) electrons. The standard InChI is InChI=1S/C35H35NO2/c1-2-15-29-26-33(36(34(29)37)25-24-28-16-7-3-8-17-28)27-38-35(30-18-9-4-10-19-30,31-20-11-5-12-21-31)32-22-13-6-14-23-32/h2-14,16-23,29,33H,1,15,24-27H2/t29-,33+/m1/s1. The number of carbonyl (C=O) groups excluding carboxylic acids is 1. The van der Waals surface area contributed by atoms with E-state index in [2.05, 4.69) is 104 Å². The molecule has 0 saturated carbocycles. The van der Waals surface area contributed by atoms with Gasteiger partial charge in [-0.3, -0.25) is 4.79 Å². The second kappa shape index (κ2) is 12.1. The van der Waals surface area contributed by atoms with Crippen molar-refractivity contribution in [2.45, 2.75) is 30.9 Å². The first-order chi connectivity index (χ1) is 18.7. The Morgan fingerprint density at radius 2 is 1.24 bits per heavy atom. The SMILES string of the molecule is C=CC[C@@H]1C[C@@H](COC(c2ccccc2)(c2ccccc2)c2ccccc2)N(CCc2ccccc2)C1=O. The van der Waals surface area contributed by atoms with Gasteiger partial charge in [-0.05, 0) is 41.5 Å². The molecule has 0 unspecified atom stereocenters. The van der Waals surface area contributed by atoms with Crippen molar-refractivity contribution in [3.63, 3.8) is 0 Å². The minimum atomic E-state index is -0.797. The van der Waals surface area contributed by atoms with E-state index >= 15 is 0 Å². The summed E-state index contributed by atoms with van der Waals surface area (Å²) < 4.78 is 7.11. The molecule has 4 aromatic carbocycles. The monoisotopic (exact) mass is 501 g/mol. The number of amides is 1. The summed E-state index contributed by atoms with van der Waals surface area (Å²) in [4.78, 5) is 15.5. The molecule has 0 spiro atoms. The smallest absolute Gasteiger partial charge is 0.226 e. The van der Waals surface area contributed by atoms with Gasteiger partial charge in [-0.25, -0.2) is 0 Å². The van der Waals surface area contributed by atoms with Crippen LogP contribution in [0.2, 0.25) is 0 Å². The number of hydrogen-bond acceptors (Lipinski definition) is 2. The molecular formula is C35H35NO2. The van der Waals surface area contributed by atoms with Crippen molar-refractivity contribution < 1.29 is 9.53 Å². The van der Waals surface area contributed by atoms with Crippen LogP contribution in [0.15, 0.2) is 134 Å². The Hall–Kier alpha value is -3.95. The first-order valence-corrected chi connectivity index (χ1v) is 13.5. The Morgan fingerprint density at radius 1 is 0.763 bits per heavy atom. The number of allylic oxidation sites excluding steroid dienone is 1. The van der Waals surface area contributed by atoms with Gasteiger partial charge in [0.1, 0.15) is 5.60 Å². The van der Waals surface area contributed by atoms with Gasteiger partial charge < -0.3 is 9.64 Å². The number of nitrogens with zero attached hydrogens (tertiary/aromatic N) is 1. The lowest BCUT2D eigenvalue weighted by Gasteiger charge is -2.38. The van der Waals surface area contributed by atoms with Crippen LogP contribution in [-0.4, -0.2) is 30.0 Å². The van der Waals surface area contributed by atoms with E-state index in [4.69, 9.17) is 4.74 Å². The van der Waals surface area contributed by atoms with Gasteiger partial charge in [-0.15, -0.1) is 6.58 Å². The maximum Gasteiger partial charge on any atom is 0.226 e. The summed E-state index contributed by atoms with van der Waals surface area (Å²) in [7, 11) is 0. The largest absolute Gasteiger partial charge is 0.359 e. The van der Waals surface area contributed by atoms with Crippen molar-refractivity contribution in [2.75, 3.05) is 13.2 Å². The summed E-state index contributed by atoms with van der Waals surface area (Å²) in [5, 5.41) is 0. The molecule has 38 heavy (non-hydrogen) atoms. The normalized spacial score (nSPS) is 17.5. The first kappa shape index (κ1) is 25.7. The molecule has 3 nitrogen and oxygen atoms in total. The first-order valence-electron chi connectivity index (χ1n) is 13.5. The van der Waals surface area contributed by atoms with E-state index in [1.165, 1.54) is 5.56 Å². The highest BCUT2D eigenvalue weighted by molar-refractivity contribution is 5.81. The molecule has 4 aromatic rings. The Kier molecular flexibility index (Phi) is 8.15. The predicted molar refractivity (Wildman–Crippen MR) is 154 cm³/mol. The van der Waals surface area contributed by atoms with Crippen molar-refractivity contribution >= 4 is 5.91 Å². The molecule has 0 N–H and O–H groups in total. The Balaban J connectivity index is 1.49. The van der Waals surface area contributed by atoms with Crippen LogP contribution in [0.4, 0.5) is 0 Å². The summed E-state index contributed by atoms with van der Waals surface area (Å²) in [6.45, 7) is 5.02. The topological polar surface area (TPSA) is 29.5 Å². The fourth-order valence-electron chi connectivity index (χ4n) is 5.70. The van der Waals surface area contributed by atoms with Crippen molar-refractivity contribution in [2.24, 2.45) is 5.92 Å². The average Bonchev–Trinajstić information content (AvgIpc) is 3.28. The van der Waals surface area contributed by atoms with Gasteiger partial charge in [0.05, 0.1) is 12.6 Å². The molecule has 3 heteroatoms. The van der Waals surface area contributed by atoms with Crippen LogP contribution >= 0.6 is 0 Å². The van der Waals surface area contributed by atoms with Crippen molar-refractivity contribution in [1.29, 1.82) is 0 Å². The maximum absolute atomic E-state index is 13.5. The van der Waals surface area contributed by atoms with E-state index in [-0.39, 0.29) is 17.9 Å². The van der Waals surface area contributed by atoms with E-state index in [1.54, 1.807) is 0 Å². The van der Waals surface area contributed by atoms with Crippen LogP contribution in [0.3, 0.4) is 0 Å². The van der Waals surface area contributed by atoms with Gasteiger partial charge in [0.15, 0.2) is 0 Å². The highest BCUT2D eigenvalue weighted by Gasteiger charge is 2.42. The molecule has 2 atom stereocenters. The predicted octanol–water partition coefficient (Wildman–Crippen LogP) is 7.03. The van der Waals surface area contributed by atoms with Crippen molar-refractivity contribution in [1.82, 2.24) is 4.90 Å². The average molecular weight is 502 g/mol. The van der Waals surface area contributed by atoms with Gasteiger partial charge in [-0.1, -0.05) is 127 Å². The molecule has 1 aliphatic rings. The molecule has 5 rings (SSSR count). The molecule has 1 heterocycles. The lowest BCUT2D eigenvalue weighted by atomic mass is 9.80. The number of ether oxygens (including phenoxy) is 1. The molecule has 1 amide bonds. The number of hydrogen-bond donors (Lipinski definition) is 0. The Bertz CT molecular complexity index is 1210. The minimum absolute atomic E-state index is 0.00771. The summed E-state index contributed by atoms with van der Waals surface area (Å²) in [6, 6.07) is 41.6. The summed E-state index contributed by atoms with van der Waals surface area (Å²) in [5.41, 5.74) is 3.65. The zero-order valence-electron chi connectivity index (χ0n) is 21.8. The van der Waals surface area contributed by atoms with Crippen LogP contribution in [0.1, 0.15) is 35.1 Å². The zero-order valence-corrected chi connectivity index (χ0v) is 21.8.